The Hall–Kier alpha value is -3.22. The van der Waals surface area contributed by atoms with E-state index < -0.39 is 34.8 Å². The van der Waals surface area contributed by atoms with Crippen molar-refractivity contribution in [1.82, 2.24) is 0 Å². The molecule has 0 bridgehead atoms. The maximum Gasteiger partial charge on any atom is 0.416 e. The summed E-state index contributed by atoms with van der Waals surface area (Å²) in [6, 6.07) is 8.19. The Labute approximate surface area is 171 Å². The van der Waals surface area contributed by atoms with E-state index in [4.69, 9.17) is 0 Å². The lowest BCUT2D eigenvalue weighted by molar-refractivity contribution is -0.137. The number of aromatic hydroxyl groups is 2. The van der Waals surface area contributed by atoms with Crippen molar-refractivity contribution >= 4 is 16.7 Å². The molecule has 0 saturated carbocycles. The van der Waals surface area contributed by atoms with E-state index in [9.17, 15) is 33.3 Å². The molecule has 0 fully saturated rings. The summed E-state index contributed by atoms with van der Waals surface area (Å²) < 4.78 is 38.3. The van der Waals surface area contributed by atoms with Gasteiger partial charge >= 0.3 is 12.1 Å². The summed E-state index contributed by atoms with van der Waals surface area (Å²) in [5.41, 5.74) is 1.51. The van der Waals surface area contributed by atoms with Crippen molar-refractivity contribution in [2.24, 2.45) is 0 Å². The van der Waals surface area contributed by atoms with Crippen LogP contribution in [-0.4, -0.2) is 21.3 Å². The molecule has 3 rings (SSSR count). The van der Waals surface area contributed by atoms with Crippen molar-refractivity contribution in [2.75, 3.05) is 0 Å². The third kappa shape index (κ3) is 3.92. The number of hydrogen-bond acceptors (Lipinski definition) is 3. The van der Waals surface area contributed by atoms with Gasteiger partial charge in [0.05, 0.1) is 5.56 Å². The van der Waals surface area contributed by atoms with E-state index in [0.717, 1.165) is 23.3 Å². The van der Waals surface area contributed by atoms with Crippen molar-refractivity contribution in [3.05, 3.63) is 69.8 Å². The standard InChI is InChI=1S/C23H21F3O4/c1-3-4-16-17-9-12(2)14(10-13-5-7-15(8-6-13)23(24,25)26)11-18(17)19(22(29)30)21(28)20(16)27/h5-9,11,27-28H,3-4,10H2,1-2H3,(H,29,30). The Morgan fingerprint density at radius 2 is 1.63 bits per heavy atom. The molecule has 3 aromatic rings. The lowest BCUT2D eigenvalue weighted by Crippen LogP contribution is -2.05. The normalized spacial score (nSPS) is 11.8. The second-order valence-corrected chi connectivity index (χ2v) is 7.30. The molecule has 3 aromatic carbocycles. The van der Waals surface area contributed by atoms with Gasteiger partial charge in [-0.15, -0.1) is 0 Å². The number of rotatable bonds is 5. The molecule has 158 valence electrons. The number of alkyl halides is 3. The van der Waals surface area contributed by atoms with Gasteiger partial charge in [0.25, 0.3) is 0 Å². The first-order valence-corrected chi connectivity index (χ1v) is 9.44. The smallest absolute Gasteiger partial charge is 0.416 e. The second-order valence-electron chi connectivity index (χ2n) is 7.30. The van der Waals surface area contributed by atoms with Gasteiger partial charge in [-0.1, -0.05) is 31.5 Å². The van der Waals surface area contributed by atoms with E-state index >= 15 is 0 Å². The zero-order valence-corrected chi connectivity index (χ0v) is 16.5. The van der Waals surface area contributed by atoms with Crippen molar-refractivity contribution in [3.63, 3.8) is 0 Å². The Morgan fingerprint density at radius 3 is 2.17 bits per heavy atom. The minimum atomic E-state index is -4.41. The summed E-state index contributed by atoms with van der Waals surface area (Å²) >= 11 is 0. The minimum absolute atomic E-state index is 0.286. The number of aromatic carboxylic acids is 1. The van der Waals surface area contributed by atoms with Crippen LogP contribution in [0, 0.1) is 6.92 Å². The summed E-state index contributed by atoms with van der Waals surface area (Å²) in [6.07, 6.45) is -2.99. The molecule has 0 aliphatic carbocycles. The fourth-order valence-electron chi connectivity index (χ4n) is 3.67. The number of halogens is 3. The monoisotopic (exact) mass is 418 g/mol. The highest BCUT2D eigenvalue weighted by atomic mass is 19.4. The SMILES string of the molecule is CCCc1c(O)c(O)c(C(=O)O)c2cc(Cc3ccc(C(F)(F)F)cc3)c(C)cc12. The Balaban J connectivity index is 2.15. The van der Waals surface area contributed by atoms with E-state index in [2.05, 4.69) is 0 Å². The van der Waals surface area contributed by atoms with Crippen molar-refractivity contribution in [1.29, 1.82) is 0 Å². The fourth-order valence-corrected chi connectivity index (χ4v) is 3.67. The van der Waals surface area contributed by atoms with Crippen LogP contribution in [0.1, 0.15) is 51.5 Å². The van der Waals surface area contributed by atoms with Crippen LogP contribution < -0.4 is 0 Å². The van der Waals surface area contributed by atoms with Gasteiger partial charge in [0.15, 0.2) is 11.5 Å². The highest BCUT2D eigenvalue weighted by Gasteiger charge is 2.30. The maximum absolute atomic E-state index is 12.8. The van der Waals surface area contributed by atoms with Crippen LogP contribution in [0.25, 0.3) is 10.8 Å². The first-order valence-electron chi connectivity index (χ1n) is 9.44. The summed E-state index contributed by atoms with van der Waals surface area (Å²) in [6.45, 7) is 3.72. The van der Waals surface area contributed by atoms with Crippen LogP contribution in [0.4, 0.5) is 13.2 Å². The van der Waals surface area contributed by atoms with Crippen molar-refractivity contribution in [2.45, 2.75) is 39.3 Å². The average Bonchev–Trinajstić information content (AvgIpc) is 2.66. The zero-order valence-electron chi connectivity index (χ0n) is 16.5. The van der Waals surface area contributed by atoms with Gasteiger partial charge in [-0.25, -0.2) is 4.79 Å². The number of fused-ring (bicyclic) bond motifs is 1. The number of carboxylic acids is 1. The van der Waals surface area contributed by atoms with Gasteiger partial charge in [-0.3, -0.25) is 0 Å². The number of aryl methyl sites for hydroxylation is 2. The molecule has 4 nitrogen and oxygen atoms in total. The number of benzene rings is 3. The molecule has 0 aliphatic heterocycles. The molecular weight excluding hydrogens is 397 g/mol. The molecule has 3 N–H and O–H groups in total. The molecule has 0 atom stereocenters. The highest BCUT2D eigenvalue weighted by Crippen LogP contribution is 2.42. The first-order chi connectivity index (χ1) is 14.0. The van der Waals surface area contributed by atoms with Crippen LogP contribution in [0.2, 0.25) is 0 Å². The lowest BCUT2D eigenvalue weighted by atomic mass is 9.89. The second kappa shape index (κ2) is 7.89. The molecule has 0 unspecified atom stereocenters. The van der Waals surface area contributed by atoms with Crippen LogP contribution in [0.5, 0.6) is 11.5 Å². The molecule has 7 heteroatoms. The molecule has 0 aromatic heterocycles. The van der Waals surface area contributed by atoms with Gasteiger partial charge in [-0.2, -0.15) is 13.2 Å². The zero-order chi connectivity index (χ0) is 22.2. The summed E-state index contributed by atoms with van der Waals surface area (Å²) in [7, 11) is 0. The van der Waals surface area contributed by atoms with Crippen molar-refractivity contribution in [3.8, 4) is 11.5 Å². The first kappa shape index (κ1) is 21.5. The topological polar surface area (TPSA) is 77.8 Å². The van der Waals surface area contributed by atoms with E-state index in [1.807, 2.05) is 13.8 Å². The maximum atomic E-state index is 12.8. The number of hydrogen-bond donors (Lipinski definition) is 3. The molecule has 0 aliphatic rings. The van der Waals surface area contributed by atoms with Gasteiger partial charge in [-0.05, 0) is 60.0 Å². The molecule has 0 radical (unpaired) electrons. The summed E-state index contributed by atoms with van der Waals surface area (Å²) in [4.78, 5) is 11.8. The number of carbonyl (C=O) groups is 1. The molecule has 0 amide bonds. The Kier molecular flexibility index (Phi) is 5.65. The average molecular weight is 418 g/mol. The summed E-state index contributed by atoms with van der Waals surface area (Å²) in [5.74, 6) is -2.49. The van der Waals surface area contributed by atoms with Crippen molar-refractivity contribution < 1.29 is 33.3 Å². The van der Waals surface area contributed by atoms with E-state index in [1.165, 1.54) is 12.1 Å². The van der Waals surface area contributed by atoms with E-state index in [1.54, 1.807) is 12.1 Å². The van der Waals surface area contributed by atoms with Crippen LogP contribution in [0.15, 0.2) is 36.4 Å². The largest absolute Gasteiger partial charge is 0.504 e. The van der Waals surface area contributed by atoms with Gasteiger partial charge in [0, 0.05) is 10.9 Å². The van der Waals surface area contributed by atoms with Gasteiger partial charge in [0.2, 0.25) is 0 Å². The number of carboxylic acid groups (broad SMARTS) is 1. The van der Waals surface area contributed by atoms with Crippen LogP contribution >= 0.6 is 0 Å². The Morgan fingerprint density at radius 1 is 1.00 bits per heavy atom. The Bertz CT molecular complexity index is 1120. The van der Waals surface area contributed by atoms with Crippen LogP contribution in [0.3, 0.4) is 0 Å². The van der Waals surface area contributed by atoms with Gasteiger partial charge < -0.3 is 15.3 Å². The lowest BCUT2D eigenvalue weighted by Gasteiger charge is -2.17. The molecular formula is C23H21F3O4. The predicted octanol–water partition coefficient (Wildman–Crippen LogP) is 5.82. The van der Waals surface area contributed by atoms with Gasteiger partial charge in [0.1, 0.15) is 5.56 Å². The molecule has 30 heavy (non-hydrogen) atoms. The number of phenolic OH excluding ortho intramolecular Hbond substituents is 1. The predicted molar refractivity (Wildman–Crippen MR) is 107 cm³/mol. The molecule has 0 spiro atoms. The minimum Gasteiger partial charge on any atom is -0.504 e. The third-order valence-corrected chi connectivity index (χ3v) is 5.21. The molecule has 0 heterocycles. The fraction of sp³-hybridized carbons (Fsp3) is 0.261. The number of phenols is 2. The highest BCUT2D eigenvalue weighted by molar-refractivity contribution is 6.09. The summed E-state index contributed by atoms with van der Waals surface area (Å²) in [5, 5.41) is 31.0. The van der Waals surface area contributed by atoms with E-state index in [0.29, 0.717) is 35.8 Å². The third-order valence-electron chi connectivity index (χ3n) is 5.21. The molecule has 0 saturated heterocycles. The van der Waals surface area contributed by atoms with Crippen LogP contribution in [-0.2, 0) is 19.0 Å². The quantitative estimate of drug-likeness (QED) is 0.456. The van der Waals surface area contributed by atoms with E-state index in [-0.39, 0.29) is 5.39 Å².